The molecule has 0 heterocycles. The molecule has 0 unspecified atom stereocenters. The second-order valence-electron chi connectivity index (χ2n) is 9.82. The number of rotatable bonds is 12. The van der Waals surface area contributed by atoms with Crippen molar-refractivity contribution in [1.29, 1.82) is 0 Å². The van der Waals surface area contributed by atoms with Crippen molar-refractivity contribution in [3.05, 3.63) is 129 Å². The van der Waals surface area contributed by atoms with Crippen molar-refractivity contribution in [3.63, 3.8) is 0 Å². The summed E-state index contributed by atoms with van der Waals surface area (Å²) in [7, 11) is 0. The second kappa shape index (κ2) is 14.7. The number of aliphatic carboxylic acids is 1. The normalized spacial score (nSPS) is 10.7. The van der Waals surface area contributed by atoms with Gasteiger partial charge in [0.1, 0.15) is 0 Å². The molecule has 0 bridgehead atoms. The van der Waals surface area contributed by atoms with Gasteiger partial charge in [-0.1, -0.05) is 96.0 Å². The summed E-state index contributed by atoms with van der Waals surface area (Å²) in [6, 6.07) is 29.4. The van der Waals surface area contributed by atoms with Gasteiger partial charge in [-0.25, -0.2) is 0 Å². The van der Waals surface area contributed by atoms with Crippen LogP contribution in [0.4, 0.5) is 0 Å². The highest BCUT2D eigenvalue weighted by Gasteiger charge is 2.24. The summed E-state index contributed by atoms with van der Waals surface area (Å²) in [6.07, 6.45) is 0.214. The first-order chi connectivity index (χ1) is 20.3. The minimum atomic E-state index is -1.00. The summed E-state index contributed by atoms with van der Waals surface area (Å²) in [5, 5.41) is 10.4. The van der Waals surface area contributed by atoms with Gasteiger partial charge in [0.25, 0.3) is 11.8 Å². The summed E-state index contributed by atoms with van der Waals surface area (Å²) in [6.45, 7) is 3.19. The molecule has 0 radical (unpaired) electrons. The molecule has 0 aliphatic rings. The first kappa shape index (κ1) is 30.8. The van der Waals surface area contributed by atoms with Crippen molar-refractivity contribution >= 4 is 41.0 Å². The Kier molecular flexibility index (Phi) is 10.8. The Morgan fingerprint density at radius 3 is 1.86 bits per heavy atom. The van der Waals surface area contributed by atoms with Gasteiger partial charge in [-0.2, -0.15) is 0 Å². The molecule has 1 N–H and O–H groups in total. The lowest BCUT2D eigenvalue weighted by Gasteiger charge is -2.25. The molecule has 0 aromatic heterocycles. The number of hydrogen-bond donors (Lipinski definition) is 1. The molecule has 0 atom stereocenters. The molecule has 42 heavy (non-hydrogen) atoms. The molecule has 4 aromatic rings. The van der Waals surface area contributed by atoms with Gasteiger partial charge >= 0.3 is 5.97 Å². The van der Waals surface area contributed by atoms with Gasteiger partial charge in [0, 0.05) is 47.4 Å². The Hall–Kier alpha value is -4.13. The predicted molar refractivity (Wildman–Crippen MR) is 167 cm³/mol. The fraction of sp³-hybridized carbons (Fsp3) is 0.206. The van der Waals surface area contributed by atoms with Crippen LogP contribution < -0.4 is 0 Å². The maximum absolute atomic E-state index is 14.0. The van der Waals surface area contributed by atoms with Crippen molar-refractivity contribution in [2.75, 3.05) is 19.6 Å². The van der Waals surface area contributed by atoms with Gasteiger partial charge in [-0.3, -0.25) is 14.4 Å². The van der Waals surface area contributed by atoms with Gasteiger partial charge in [0.2, 0.25) is 0 Å². The summed E-state index contributed by atoms with van der Waals surface area (Å²) in [5.41, 5.74) is 3.94. The van der Waals surface area contributed by atoms with Gasteiger partial charge in [0.05, 0.1) is 6.42 Å². The number of carbonyl (C=O) groups excluding carboxylic acids is 2. The van der Waals surface area contributed by atoms with Crippen molar-refractivity contribution in [3.8, 4) is 11.1 Å². The first-order valence-corrected chi connectivity index (χ1v) is 14.5. The molecule has 8 heteroatoms. The number of benzene rings is 4. The Bertz CT molecular complexity index is 1560. The predicted octanol–water partition coefficient (Wildman–Crippen LogP) is 7.48. The van der Waals surface area contributed by atoms with Crippen LogP contribution in [0.3, 0.4) is 0 Å². The lowest BCUT2D eigenvalue weighted by molar-refractivity contribution is -0.137. The number of carboxylic acid groups (broad SMARTS) is 1. The number of carbonyl (C=O) groups is 3. The minimum Gasteiger partial charge on any atom is -0.481 e. The molecule has 0 aliphatic carbocycles. The van der Waals surface area contributed by atoms with E-state index in [1.807, 2.05) is 67.6 Å². The molecule has 0 fully saturated rings. The molecular weight excluding hydrogens is 571 g/mol. The van der Waals surface area contributed by atoms with E-state index >= 15 is 0 Å². The summed E-state index contributed by atoms with van der Waals surface area (Å²) >= 11 is 12.4. The lowest BCUT2D eigenvalue weighted by Crippen LogP contribution is -2.35. The average molecular weight is 604 g/mol. The van der Waals surface area contributed by atoms with E-state index < -0.39 is 5.97 Å². The van der Waals surface area contributed by atoms with E-state index in [1.54, 1.807) is 41.3 Å². The Morgan fingerprint density at radius 1 is 0.714 bits per heavy atom. The van der Waals surface area contributed by atoms with Crippen LogP contribution >= 0.6 is 23.2 Å². The molecule has 0 aliphatic heterocycles. The monoisotopic (exact) mass is 602 g/mol. The highest BCUT2D eigenvalue weighted by atomic mass is 35.5. The molecule has 0 saturated heterocycles. The molecule has 0 saturated carbocycles. The maximum Gasteiger partial charge on any atom is 0.305 e. The summed E-state index contributed by atoms with van der Waals surface area (Å²) in [5.74, 6) is -1.46. The van der Waals surface area contributed by atoms with E-state index in [0.29, 0.717) is 51.8 Å². The topological polar surface area (TPSA) is 77.9 Å². The smallest absolute Gasteiger partial charge is 0.305 e. The van der Waals surface area contributed by atoms with E-state index in [4.69, 9.17) is 23.2 Å². The van der Waals surface area contributed by atoms with Crippen LogP contribution in [0.1, 0.15) is 45.2 Å². The highest BCUT2D eigenvalue weighted by molar-refractivity contribution is 6.35. The number of amides is 2. The minimum absolute atomic E-state index is 0.0228. The van der Waals surface area contributed by atoms with Gasteiger partial charge in [-0.15, -0.1) is 0 Å². The standard InChI is InChI=1S/C34H32Cl2N2O4/c1-2-37(23-24-10-4-3-5-11-24)33(41)29-14-8-6-12-27(29)28-13-7-9-15-30(28)34(42)38(21-19-32(39)40)20-18-25-16-17-26(35)22-31(25)36/h3-17,22H,2,18-21,23H2,1H3,(H,39,40). The molecule has 6 nitrogen and oxygen atoms in total. The van der Waals surface area contributed by atoms with Crippen LogP contribution in [-0.4, -0.2) is 52.3 Å². The van der Waals surface area contributed by atoms with Crippen molar-refractivity contribution < 1.29 is 19.5 Å². The van der Waals surface area contributed by atoms with E-state index in [9.17, 15) is 19.5 Å². The van der Waals surface area contributed by atoms with Crippen LogP contribution in [-0.2, 0) is 17.8 Å². The van der Waals surface area contributed by atoms with Crippen LogP contribution in [0.15, 0.2) is 97.1 Å². The summed E-state index contributed by atoms with van der Waals surface area (Å²) < 4.78 is 0. The number of carboxylic acids is 1. The Balaban J connectivity index is 1.66. The first-order valence-electron chi connectivity index (χ1n) is 13.7. The molecular formula is C34H32Cl2N2O4. The quantitative estimate of drug-likeness (QED) is 0.182. The van der Waals surface area contributed by atoms with Crippen LogP contribution in [0.5, 0.6) is 0 Å². The van der Waals surface area contributed by atoms with Crippen molar-refractivity contribution in [2.24, 2.45) is 0 Å². The second-order valence-corrected chi connectivity index (χ2v) is 10.7. The Labute approximate surface area is 256 Å². The molecule has 0 spiro atoms. The number of nitrogens with zero attached hydrogens (tertiary/aromatic N) is 2. The van der Waals surface area contributed by atoms with Crippen molar-refractivity contribution in [2.45, 2.75) is 26.3 Å². The highest BCUT2D eigenvalue weighted by Crippen LogP contribution is 2.30. The zero-order valence-corrected chi connectivity index (χ0v) is 24.8. The zero-order valence-electron chi connectivity index (χ0n) is 23.3. The maximum atomic E-state index is 14.0. The average Bonchev–Trinajstić information content (AvgIpc) is 3.00. The van der Waals surface area contributed by atoms with Gasteiger partial charge in [0.15, 0.2) is 0 Å². The molecule has 4 rings (SSSR count). The molecule has 4 aromatic carbocycles. The third-order valence-corrected chi connectivity index (χ3v) is 7.63. The Morgan fingerprint density at radius 2 is 1.29 bits per heavy atom. The van der Waals surface area contributed by atoms with Crippen LogP contribution in [0.2, 0.25) is 10.0 Å². The van der Waals surface area contributed by atoms with E-state index in [0.717, 1.165) is 11.1 Å². The third-order valence-electron chi connectivity index (χ3n) is 7.04. The summed E-state index contributed by atoms with van der Waals surface area (Å²) in [4.78, 5) is 42.6. The molecule has 216 valence electrons. The van der Waals surface area contributed by atoms with Crippen LogP contribution in [0, 0.1) is 0 Å². The molecule has 2 amide bonds. The van der Waals surface area contributed by atoms with E-state index in [2.05, 4.69) is 0 Å². The van der Waals surface area contributed by atoms with E-state index in [-0.39, 0.29) is 31.3 Å². The van der Waals surface area contributed by atoms with Gasteiger partial charge in [-0.05, 0) is 59.9 Å². The van der Waals surface area contributed by atoms with E-state index in [1.165, 1.54) is 4.90 Å². The fourth-order valence-electron chi connectivity index (χ4n) is 4.81. The lowest BCUT2D eigenvalue weighted by atomic mass is 9.93. The SMILES string of the molecule is CCN(Cc1ccccc1)C(=O)c1ccccc1-c1ccccc1C(=O)N(CCC(=O)O)CCc1ccc(Cl)cc1Cl. The number of hydrogen-bond acceptors (Lipinski definition) is 3. The third kappa shape index (κ3) is 7.78. The number of halogens is 2. The van der Waals surface area contributed by atoms with Gasteiger partial charge < -0.3 is 14.9 Å². The largest absolute Gasteiger partial charge is 0.481 e. The van der Waals surface area contributed by atoms with Crippen molar-refractivity contribution in [1.82, 2.24) is 9.80 Å². The van der Waals surface area contributed by atoms with Crippen LogP contribution in [0.25, 0.3) is 11.1 Å². The zero-order chi connectivity index (χ0) is 30.1. The fourth-order valence-corrected chi connectivity index (χ4v) is 5.31.